The minimum absolute atomic E-state index is 0.0684. The first kappa shape index (κ1) is 18.2. The van der Waals surface area contributed by atoms with Crippen molar-refractivity contribution in [2.45, 2.75) is 51.0 Å². The van der Waals surface area contributed by atoms with Crippen molar-refractivity contribution in [2.75, 3.05) is 26.2 Å². The third kappa shape index (κ3) is 5.48. The van der Waals surface area contributed by atoms with Gasteiger partial charge in [0.25, 0.3) is 0 Å². The van der Waals surface area contributed by atoms with E-state index in [4.69, 9.17) is 4.74 Å². The van der Waals surface area contributed by atoms with Gasteiger partial charge in [-0.15, -0.1) is 0 Å². The molecule has 2 rings (SSSR count). The molecule has 130 valence electrons. The van der Waals surface area contributed by atoms with Gasteiger partial charge in [0.1, 0.15) is 5.75 Å². The first-order valence-corrected chi connectivity index (χ1v) is 9.86. The zero-order valence-electron chi connectivity index (χ0n) is 14.3. The average Bonchev–Trinajstić information content (AvgIpc) is 2.49. The van der Waals surface area contributed by atoms with Crippen LogP contribution in [-0.2, 0) is 10.0 Å². The van der Waals surface area contributed by atoms with E-state index in [1.807, 2.05) is 20.8 Å². The smallest absolute Gasteiger partial charge is 0.240 e. The Morgan fingerprint density at radius 1 is 1.22 bits per heavy atom. The fraction of sp³-hybridized carbons (Fsp3) is 0.647. The number of rotatable bonds is 7. The van der Waals surface area contributed by atoms with E-state index in [0.717, 1.165) is 30.9 Å². The minimum atomic E-state index is -3.46. The Morgan fingerprint density at radius 3 is 2.52 bits per heavy atom. The quantitative estimate of drug-likeness (QED) is 0.829. The lowest BCUT2D eigenvalue weighted by Crippen LogP contribution is -2.37. The highest BCUT2D eigenvalue weighted by atomic mass is 32.2. The lowest BCUT2D eigenvalue weighted by atomic mass is 10.1. The van der Waals surface area contributed by atoms with Crippen molar-refractivity contribution < 1.29 is 13.2 Å². The monoisotopic (exact) mass is 340 g/mol. The van der Waals surface area contributed by atoms with Gasteiger partial charge < -0.3 is 9.64 Å². The SMILES string of the molecule is Cc1cc(S(=O)(=O)NCCN2CCCCC2)ccc1OC(C)C. The number of ether oxygens (including phenoxy) is 1. The second-order valence-electron chi connectivity index (χ2n) is 6.39. The summed E-state index contributed by atoms with van der Waals surface area (Å²) in [6.07, 6.45) is 3.78. The molecule has 0 aliphatic carbocycles. The maximum atomic E-state index is 12.4. The van der Waals surface area contributed by atoms with E-state index in [1.165, 1.54) is 19.3 Å². The van der Waals surface area contributed by atoms with Gasteiger partial charge >= 0.3 is 0 Å². The van der Waals surface area contributed by atoms with Crippen LogP contribution in [0.25, 0.3) is 0 Å². The van der Waals surface area contributed by atoms with Crippen LogP contribution in [0.2, 0.25) is 0 Å². The van der Waals surface area contributed by atoms with Crippen LogP contribution in [0.5, 0.6) is 5.75 Å². The van der Waals surface area contributed by atoms with Crippen molar-refractivity contribution in [3.05, 3.63) is 23.8 Å². The fourth-order valence-electron chi connectivity index (χ4n) is 2.78. The minimum Gasteiger partial charge on any atom is -0.491 e. The van der Waals surface area contributed by atoms with Crippen molar-refractivity contribution in [1.82, 2.24) is 9.62 Å². The van der Waals surface area contributed by atoms with E-state index in [9.17, 15) is 8.42 Å². The van der Waals surface area contributed by atoms with Gasteiger partial charge in [-0.3, -0.25) is 0 Å². The Balaban J connectivity index is 1.94. The summed E-state index contributed by atoms with van der Waals surface area (Å²) in [6.45, 7) is 9.13. The summed E-state index contributed by atoms with van der Waals surface area (Å²) < 4.78 is 33.1. The molecule has 6 heteroatoms. The molecule has 1 aliphatic heterocycles. The van der Waals surface area contributed by atoms with Crippen LogP contribution in [0, 0.1) is 6.92 Å². The van der Waals surface area contributed by atoms with E-state index in [-0.39, 0.29) is 6.10 Å². The van der Waals surface area contributed by atoms with Gasteiger partial charge in [-0.2, -0.15) is 0 Å². The summed E-state index contributed by atoms with van der Waals surface area (Å²) in [5.74, 6) is 0.729. The summed E-state index contributed by atoms with van der Waals surface area (Å²) in [6, 6.07) is 5.00. The van der Waals surface area contributed by atoms with Crippen molar-refractivity contribution in [3.63, 3.8) is 0 Å². The highest BCUT2D eigenvalue weighted by molar-refractivity contribution is 7.89. The number of sulfonamides is 1. The number of likely N-dealkylation sites (tertiary alicyclic amines) is 1. The van der Waals surface area contributed by atoms with Crippen LogP contribution >= 0.6 is 0 Å². The first-order chi connectivity index (χ1) is 10.9. The lowest BCUT2D eigenvalue weighted by Gasteiger charge is -2.26. The molecule has 0 aromatic heterocycles. The summed E-state index contributed by atoms with van der Waals surface area (Å²) in [7, 11) is -3.46. The predicted octanol–water partition coefficient (Wildman–Crippen LogP) is 2.55. The number of hydrogen-bond donors (Lipinski definition) is 1. The van der Waals surface area contributed by atoms with E-state index in [2.05, 4.69) is 9.62 Å². The molecule has 0 unspecified atom stereocenters. The van der Waals surface area contributed by atoms with Crippen molar-refractivity contribution in [2.24, 2.45) is 0 Å². The number of nitrogens with one attached hydrogen (secondary N) is 1. The zero-order valence-corrected chi connectivity index (χ0v) is 15.2. The average molecular weight is 340 g/mol. The Hall–Kier alpha value is -1.11. The molecule has 0 amide bonds. The molecular weight excluding hydrogens is 312 g/mol. The summed E-state index contributed by atoms with van der Waals surface area (Å²) in [4.78, 5) is 2.61. The van der Waals surface area contributed by atoms with Gasteiger partial charge in [-0.1, -0.05) is 6.42 Å². The molecule has 1 aromatic carbocycles. The molecule has 1 aromatic rings. The third-order valence-electron chi connectivity index (χ3n) is 3.99. The van der Waals surface area contributed by atoms with Gasteiger partial charge in [-0.05, 0) is 70.5 Å². The van der Waals surface area contributed by atoms with Crippen LogP contribution in [-0.4, -0.2) is 45.6 Å². The van der Waals surface area contributed by atoms with Crippen LogP contribution < -0.4 is 9.46 Å². The molecule has 5 nitrogen and oxygen atoms in total. The largest absolute Gasteiger partial charge is 0.491 e. The number of hydrogen-bond acceptors (Lipinski definition) is 4. The summed E-state index contributed by atoms with van der Waals surface area (Å²) in [5, 5.41) is 0. The fourth-order valence-corrected chi connectivity index (χ4v) is 3.89. The second-order valence-corrected chi connectivity index (χ2v) is 8.16. The topological polar surface area (TPSA) is 58.6 Å². The van der Waals surface area contributed by atoms with Crippen molar-refractivity contribution in [1.29, 1.82) is 0 Å². The van der Waals surface area contributed by atoms with E-state index in [0.29, 0.717) is 11.4 Å². The third-order valence-corrected chi connectivity index (χ3v) is 5.45. The molecule has 1 N–H and O–H groups in total. The standard InChI is InChI=1S/C17H28N2O3S/c1-14(2)22-17-8-7-16(13-15(17)3)23(20,21)18-9-12-19-10-5-4-6-11-19/h7-8,13-14,18H,4-6,9-12H2,1-3H3. The normalized spacial score (nSPS) is 16.7. The number of aryl methyl sites for hydroxylation is 1. The van der Waals surface area contributed by atoms with Gasteiger partial charge in [-0.25, -0.2) is 13.1 Å². The molecule has 23 heavy (non-hydrogen) atoms. The van der Waals surface area contributed by atoms with E-state index >= 15 is 0 Å². The van der Waals surface area contributed by atoms with Gasteiger partial charge in [0, 0.05) is 13.1 Å². The molecule has 0 saturated carbocycles. The number of benzene rings is 1. The molecule has 0 atom stereocenters. The number of nitrogens with zero attached hydrogens (tertiary/aromatic N) is 1. The molecule has 0 bridgehead atoms. The highest BCUT2D eigenvalue weighted by Gasteiger charge is 2.16. The van der Waals surface area contributed by atoms with Crippen LogP contribution in [0.3, 0.4) is 0 Å². The molecule has 1 aliphatic rings. The highest BCUT2D eigenvalue weighted by Crippen LogP contribution is 2.22. The maximum absolute atomic E-state index is 12.4. The van der Waals surface area contributed by atoms with Gasteiger partial charge in [0.2, 0.25) is 10.0 Å². The predicted molar refractivity (Wildman–Crippen MR) is 92.4 cm³/mol. The summed E-state index contributed by atoms with van der Waals surface area (Å²) >= 11 is 0. The molecule has 1 fully saturated rings. The Kier molecular flexibility index (Phi) is 6.44. The number of piperidine rings is 1. The summed E-state index contributed by atoms with van der Waals surface area (Å²) in [5.41, 5.74) is 0.831. The maximum Gasteiger partial charge on any atom is 0.240 e. The van der Waals surface area contributed by atoms with Crippen molar-refractivity contribution in [3.8, 4) is 5.75 Å². The van der Waals surface area contributed by atoms with Crippen LogP contribution in [0.4, 0.5) is 0 Å². The first-order valence-electron chi connectivity index (χ1n) is 8.38. The molecular formula is C17H28N2O3S. The van der Waals surface area contributed by atoms with E-state index < -0.39 is 10.0 Å². The molecule has 0 spiro atoms. The molecule has 0 radical (unpaired) electrons. The van der Waals surface area contributed by atoms with Gasteiger partial charge in [0.15, 0.2) is 0 Å². The Labute approximate surface area is 140 Å². The molecule has 1 heterocycles. The zero-order chi connectivity index (χ0) is 16.9. The second kappa shape index (κ2) is 8.13. The van der Waals surface area contributed by atoms with Crippen LogP contribution in [0.1, 0.15) is 38.7 Å². The lowest BCUT2D eigenvalue weighted by molar-refractivity contribution is 0.232. The molecule has 1 saturated heterocycles. The Bertz CT molecular complexity index is 608. The van der Waals surface area contributed by atoms with Crippen molar-refractivity contribution >= 4 is 10.0 Å². The van der Waals surface area contributed by atoms with E-state index in [1.54, 1.807) is 18.2 Å². The van der Waals surface area contributed by atoms with Crippen LogP contribution in [0.15, 0.2) is 23.1 Å². The Morgan fingerprint density at radius 2 is 1.91 bits per heavy atom. The van der Waals surface area contributed by atoms with Gasteiger partial charge in [0.05, 0.1) is 11.0 Å².